The van der Waals surface area contributed by atoms with Crippen molar-refractivity contribution in [2.45, 2.75) is 45.6 Å². The fourth-order valence-corrected chi connectivity index (χ4v) is 3.28. The summed E-state index contributed by atoms with van der Waals surface area (Å²) in [7, 11) is 0. The number of nitrogens with zero attached hydrogens (tertiary/aromatic N) is 2. The number of Topliss-reactive ketones (excluding diaryl/α,β-unsaturated/α-hetero) is 1. The molecule has 0 unspecified atom stereocenters. The van der Waals surface area contributed by atoms with Gasteiger partial charge in [-0.3, -0.25) is 4.79 Å². The smallest absolute Gasteiger partial charge is 0.181 e. The van der Waals surface area contributed by atoms with Gasteiger partial charge in [-0.2, -0.15) is 0 Å². The van der Waals surface area contributed by atoms with Gasteiger partial charge in [-0.15, -0.1) is 0 Å². The van der Waals surface area contributed by atoms with E-state index in [9.17, 15) is 4.79 Å². The van der Waals surface area contributed by atoms with Gasteiger partial charge in [0.15, 0.2) is 5.78 Å². The highest BCUT2D eigenvalue weighted by Gasteiger charge is 2.26. The van der Waals surface area contributed by atoms with Crippen LogP contribution in [0.3, 0.4) is 0 Å². The SMILES string of the molecule is CC(C)c1nc2c(n1Cc1ccc(I)cc1)C(=O)CCC2. The summed E-state index contributed by atoms with van der Waals surface area (Å²) < 4.78 is 3.37. The molecule has 4 heteroatoms. The number of carbonyl (C=O) groups excluding carboxylic acids is 1. The Labute approximate surface area is 138 Å². The number of halogens is 1. The van der Waals surface area contributed by atoms with Crippen LogP contribution in [0.15, 0.2) is 24.3 Å². The Hall–Kier alpha value is -1.17. The molecule has 0 saturated heterocycles. The number of hydrogen-bond acceptors (Lipinski definition) is 2. The van der Waals surface area contributed by atoms with Gasteiger partial charge in [0, 0.05) is 22.5 Å². The third-order valence-electron chi connectivity index (χ3n) is 3.92. The van der Waals surface area contributed by atoms with E-state index in [2.05, 4.69) is 65.3 Å². The Bertz CT molecular complexity index is 671. The maximum absolute atomic E-state index is 12.3. The monoisotopic (exact) mass is 394 g/mol. The molecule has 3 rings (SSSR count). The molecule has 1 aliphatic carbocycles. The minimum atomic E-state index is 0.251. The van der Waals surface area contributed by atoms with E-state index in [1.54, 1.807) is 0 Å². The van der Waals surface area contributed by atoms with Crippen molar-refractivity contribution in [1.29, 1.82) is 0 Å². The number of hydrogen-bond donors (Lipinski definition) is 0. The van der Waals surface area contributed by atoms with Crippen molar-refractivity contribution in [3.63, 3.8) is 0 Å². The molecule has 0 amide bonds. The number of rotatable bonds is 3. The van der Waals surface area contributed by atoms with Gasteiger partial charge in [0.2, 0.25) is 0 Å². The third-order valence-corrected chi connectivity index (χ3v) is 4.64. The Morgan fingerprint density at radius 1 is 1.24 bits per heavy atom. The Kier molecular flexibility index (Phi) is 4.15. The average Bonchev–Trinajstić information content (AvgIpc) is 2.82. The highest BCUT2D eigenvalue weighted by molar-refractivity contribution is 14.1. The molecule has 1 aromatic carbocycles. The lowest BCUT2D eigenvalue weighted by atomic mass is 9.99. The molecule has 0 fully saturated rings. The quantitative estimate of drug-likeness (QED) is 0.733. The second-order valence-electron chi connectivity index (χ2n) is 5.91. The van der Waals surface area contributed by atoms with Crippen molar-refractivity contribution >= 4 is 28.4 Å². The number of aromatic nitrogens is 2. The van der Waals surface area contributed by atoms with Crippen LogP contribution in [-0.2, 0) is 13.0 Å². The highest BCUT2D eigenvalue weighted by atomic mass is 127. The Morgan fingerprint density at radius 3 is 2.62 bits per heavy atom. The molecule has 0 radical (unpaired) electrons. The van der Waals surface area contributed by atoms with Gasteiger partial charge in [-0.05, 0) is 53.1 Å². The molecule has 0 saturated carbocycles. The summed E-state index contributed by atoms with van der Waals surface area (Å²) in [6.45, 7) is 5.02. The molecule has 0 spiro atoms. The standard InChI is InChI=1S/C17H19IN2O/c1-11(2)17-19-14-4-3-5-15(21)16(14)20(17)10-12-6-8-13(18)9-7-12/h6-9,11H,3-5,10H2,1-2H3. The highest BCUT2D eigenvalue weighted by Crippen LogP contribution is 2.27. The van der Waals surface area contributed by atoms with Crippen molar-refractivity contribution in [1.82, 2.24) is 9.55 Å². The summed E-state index contributed by atoms with van der Waals surface area (Å²) in [6, 6.07) is 8.48. The van der Waals surface area contributed by atoms with Crippen molar-refractivity contribution in [3.05, 3.63) is 50.6 Å². The van der Waals surface area contributed by atoms with Crippen LogP contribution in [0.5, 0.6) is 0 Å². The van der Waals surface area contributed by atoms with Crippen LogP contribution in [0.25, 0.3) is 0 Å². The lowest BCUT2D eigenvalue weighted by Gasteiger charge is -2.15. The fraction of sp³-hybridized carbons (Fsp3) is 0.412. The molecule has 21 heavy (non-hydrogen) atoms. The third kappa shape index (κ3) is 2.91. The van der Waals surface area contributed by atoms with Gasteiger partial charge in [0.25, 0.3) is 0 Å². The zero-order chi connectivity index (χ0) is 15.0. The van der Waals surface area contributed by atoms with Crippen LogP contribution in [0.4, 0.5) is 0 Å². The van der Waals surface area contributed by atoms with Gasteiger partial charge in [0.1, 0.15) is 11.5 Å². The predicted molar refractivity (Wildman–Crippen MR) is 91.8 cm³/mol. The van der Waals surface area contributed by atoms with E-state index in [0.717, 1.165) is 36.6 Å². The molecule has 1 aromatic heterocycles. The summed E-state index contributed by atoms with van der Waals surface area (Å²) in [5.41, 5.74) is 3.07. The maximum Gasteiger partial charge on any atom is 0.181 e. The number of imidazole rings is 1. The van der Waals surface area contributed by atoms with E-state index in [-0.39, 0.29) is 5.78 Å². The predicted octanol–water partition coefficient (Wildman–Crippen LogP) is 4.18. The first-order valence-electron chi connectivity index (χ1n) is 7.43. The molecule has 2 aromatic rings. The van der Waals surface area contributed by atoms with Crippen LogP contribution in [0, 0.1) is 3.57 Å². The second-order valence-corrected chi connectivity index (χ2v) is 7.15. The molecule has 110 valence electrons. The number of fused-ring (bicyclic) bond motifs is 1. The van der Waals surface area contributed by atoms with E-state index in [1.807, 2.05) is 0 Å². The average molecular weight is 394 g/mol. The van der Waals surface area contributed by atoms with Crippen LogP contribution in [-0.4, -0.2) is 15.3 Å². The van der Waals surface area contributed by atoms with Gasteiger partial charge in [0.05, 0.1) is 5.69 Å². The van der Waals surface area contributed by atoms with E-state index in [0.29, 0.717) is 12.3 Å². The summed E-state index contributed by atoms with van der Waals surface area (Å²) in [4.78, 5) is 17.1. The van der Waals surface area contributed by atoms with Crippen molar-refractivity contribution in [2.75, 3.05) is 0 Å². The van der Waals surface area contributed by atoms with Crippen molar-refractivity contribution in [3.8, 4) is 0 Å². The second kappa shape index (κ2) is 5.91. The van der Waals surface area contributed by atoms with Crippen LogP contribution in [0.1, 0.15) is 60.2 Å². The van der Waals surface area contributed by atoms with E-state index >= 15 is 0 Å². The first kappa shape index (κ1) is 14.8. The molecule has 0 bridgehead atoms. The number of benzene rings is 1. The number of aryl methyl sites for hydroxylation is 1. The largest absolute Gasteiger partial charge is 0.321 e. The molecule has 0 atom stereocenters. The van der Waals surface area contributed by atoms with Gasteiger partial charge >= 0.3 is 0 Å². The van der Waals surface area contributed by atoms with Gasteiger partial charge in [-0.25, -0.2) is 4.98 Å². The molecule has 0 N–H and O–H groups in total. The van der Waals surface area contributed by atoms with Crippen LogP contribution < -0.4 is 0 Å². The normalized spacial score (nSPS) is 14.6. The van der Waals surface area contributed by atoms with Gasteiger partial charge < -0.3 is 4.57 Å². The molecular formula is C17H19IN2O. The molecule has 1 aliphatic rings. The maximum atomic E-state index is 12.3. The Balaban J connectivity index is 2.05. The van der Waals surface area contributed by atoms with Crippen molar-refractivity contribution in [2.24, 2.45) is 0 Å². The number of ketones is 1. The van der Waals surface area contributed by atoms with Crippen molar-refractivity contribution < 1.29 is 4.79 Å². The Morgan fingerprint density at radius 2 is 1.95 bits per heavy atom. The number of carbonyl (C=O) groups is 1. The summed E-state index contributed by atoms with van der Waals surface area (Å²) in [5, 5.41) is 0. The van der Waals surface area contributed by atoms with E-state index in [1.165, 1.54) is 9.13 Å². The topological polar surface area (TPSA) is 34.9 Å². The van der Waals surface area contributed by atoms with E-state index in [4.69, 9.17) is 4.98 Å². The first-order valence-corrected chi connectivity index (χ1v) is 8.51. The summed E-state index contributed by atoms with van der Waals surface area (Å²) in [6.07, 6.45) is 2.52. The lowest BCUT2D eigenvalue weighted by Crippen LogP contribution is -2.17. The van der Waals surface area contributed by atoms with E-state index < -0.39 is 0 Å². The summed E-state index contributed by atoms with van der Waals surface area (Å²) >= 11 is 2.31. The van der Waals surface area contributed by atoms with Crippen LogP contribution >= 0.6 is 22.6 Å². The fourth-order valence-electron chi connectivity index (χ4n) is 2.92. The summed E-state index contributed by atoms with van der Waals surface area (Å²) in [5.74, 6) is 1.61. The molecular weight excluding hydrogens is 375 g/mol. The van der Waals surface area contributed by atoms with Gasteiger partial charge in [-0.1, -0.05) is 26.0 Å². The van der Waals surface area contributed by atoms with Crippen LogP contribution in [0.2, 0.25) is 0 Å². The first-order chi connectivity index (χ1) is 10.1. The molecule has 0 aliphatic heterocycles. The lowest BCUT2D eigenvalue weighted by molar-refractivity contribution is 0.0963. The molecule has 1 heterocycles. The zero-order valence-corrected chi connectivity index (χ0v) is 14.6. The minimum Gasteiger partial charge on any atom is -0.321 e. The minimum absolute atomic E-state index is 0.251. The molecule has 3 nitrogen and oxygen atoms in total. The zero-order valence-electron chi connectivity index (χ0n) is 12.4.